The van der Waals surface area contributed by atoms with Gasteiger partial charge in [0, 0.05) is 44.1 Å². The largest absolute Gasteiger partial charge is 0.379 e. The van der Waals surface area contributed by atoms with Crippen LogP contribution in [0, 0.1) is 0 Å². The highest BCUT2D eigenvalue weighted by Gasteiger charge is 2.09. The second-order valence-electron chi connectivity index (χ2n) is 4.55. The van der Waals surface area contributed by atoms with E-state index in [1.807, 2.05) is 42.4 Å². The molecule has 126 valence electrons. The first-order valence-electron chi connectivity index (χ1n) is 8.14. The van der Waals surface area contributed by atoms with Crippen molar-refractivity contribution in [2.45, 2.75) is 40.0 Å². The zero-order chi connectivity index (χ0) is 15.8. The maximum Gasteiger partial charge on any atom is 0.220 e. The van der Waals surface area contributed by atoms with Crippen molar-refractivity contribution >= 4 is 27.5 Å². The number of hydrogen-bond donors (Lipinski definition) is 1. The Labute approximate surface area is 138 Å². The van der Waals surface area contributed by atoms with E-state index in [2.05, 4.69) is 10.2 Å². The molecule has 0 aromatic heterocycles. The second kappa shape index (κ2) is 16.5. The molecule has 2 heterocycles. The number of amides is 1. The molecule has 0 aromatic carbocycles. The molecule has 0 aliphatic carbocycles. The van der Waals surface area contributed by atoms with Gasteiger partial charge in [0.1, 0.15) is 0 Å². The summed E-state index contributed by atoms with van der Waals surface area (Å²) in [4.78, 5) is 13.4. The number of carbonyl (C=O) groups is 1. The molecule has 0 unspecified atom stereocenters. The Bertz CT molecular complexity index is 226. The summed E-state index contributed by atoms with van der Waals surface area (Å²) in [7, 11) is 3.98. The van der Waals surface area contributed by atoms with Crippen LogP contribution in [-0.4, -0.2) is 61.7 Å². The third kappa shape index (κ3) is 13.5. The van der Waals surface area contributed by atoms with Crippen LogP contribution in [-0.2, 0) is 9.53 Å². The average molecular weight is 337 g/mol. The molecule has 21 heavy (non-hydrogen) atoms. The van der Waals surface area contributed by atoms with Crippen molar-refractivity contribution < 1.29 is 9.53 Å². The average Bonchev–Trinajstić information content (AvgIpc) is 3.10. The van der Waals surface area contributed by atoms with Crippen LogP contribution in [0.1, 0.15) is 40.0 Å². The van der Waals surface area contributed by atoms with Crippen molar-refractivity contribution in [1.29, 1.82) is 0 Å². The first-order valence-corrected chi connectivity index (χ1v) is 10.6. The highest BCUT2D eigenvalue weighted by molar-refractivity contribution is 8.77. The summed E-state index contributed by atoms with van der Waals surface area (Å²) in [6.45, 7) is 11.3. The standard InChI is InChI=1S/C10H20N2O2.C3H6S2.C2H6/c1-2-3-10(13)11-4-5-12-6-8-14-9-7-12;1-2-4-5-3-1;1-2/h2-9H2,1H3,(H,11,13);1-3H2;1-2H3. The van der Waals surface area contributed by atoms with Crippen molar-refractivity contribution in [3.63, 3.8) is 0 Å². The summed E-state index contributed by atoms with van der Waals surface area (Å²) in [5, 5.41) is 2.91. The minimum Gasteiger partial charge on any atom is -0.379 e. The van der Waals surface area contributed by atoms with Gasteiger partial charge in [0.15, 0.2) is 0 Å². The Morgan fingerprint density at radius 3 is 2.29 bits per heavy atom. The van der Waals surface area contributed by atoms with Crippen LogP contribution in [0.25, 0.3) is 0 Å². The zero-order valence-corrected chi connectivity index (χ0v) is 15.5. The van der Waals surface area contributed by atoms with Gasteiger partial charge in [0.05, 0.1) is 13.2 Å². The molecule has 2 aliphatic rings. The minimum atomic E-state index is 0.167. The minimum absolute atomic E-state index is 0.167. The molecule has 2 aliphatic heterocycles. The molecule has 0 aromatic rings. The highest BCUT2D eigenvalue weighted by atomic mass is 33.1. The SMILES string of the molecule is C1CSSC1.CC.CCCC(=O)NCCN1CCOCC1. The number of rotatable bonds is 5. The van der Waals surface area contributed by atoms with Crippen LogP contribution in [0.2, 0.25) is 0 Å². The summed E-state index contributed by atoms with van der Waals surface area (Å²) >= 11 is 0. The molecule has 0 spiro atoms. The van der Waals surface area contributed by atoms with E-state index in [0.29, 0.717) is 6.42 Å². The molecule has 0 bridgehead atoms. The van der Waals surface area contributed by atoms with Gasteiger partial charge in [0.25, 0.3) is 0 Å². The molecule has 1 amide bonds. The first-order chi connectivity index (χ1) is 10.3. The molecule has 1 N–H and O–H groups in total. The van der Waals surface area contributed by atoms with Gasteiger partial charge in [-0.2, -0.15) is 0 Å². The monoisotopic (exact) mass is 336 g/mol. The maximum atomic E-state index is 11.1. The Kier molecular flexibility index (Phi) is 16.5. The van der Waals surface area contributed by atoms with Crippen molar-refractivity contribution in [3.05, 3.63) is 0 Å². The van der Waals surface area contributed by atoms with Crippen LogP contribution in [0.5, 0.6) is 0 Å². The summed E-state index contributed by atoms with van der Waals surface area (Å²) in [6, 6.07) is 0. The van der Waals surface area contributed by atoms with Crippen molar-refractivity contribution in [2.24, 2.45) is 0 Å². The Morgan fingerprint density at radius 2 is 1.81 bits per heavy atom. The van der Waals surface area contributed by atoms with Crippen LogP contribution >= 0.6 is 21.6 Å². The number of hydrogen-bond acceptors (Lipinski definition) is 5. The lowest BCUT2D eigenvalue weighted by Crippen LogP contribution is -2.41. The lowest BCUT2D eigenvalue weighted by Gasteiger charge is -2.26. The Morgan fingerprint density at radius 1 is 1.19 bits per heavy atom. The van der Waals surface area contributed by atoms with Crippen LogP contribution < -0.4 is 5.32 Å². The van der Waals surface area contributed by atoms with E-state index in [9.17, 15) is 4.79 Å². The molecule has 2 fully saturated rings. The third-order valence-corrected chi connectivity index (χ3v) is 5.45. The quantitative estimate of drug-likeness (QED) is 0.782. The van der Waals surface area contributed by atoms with Crippen molar-refractivity contribution in [2.75, 3.05) is 50.9 Å². The summed E-state index contributed by atoms with van der Waals surface area (Å²) in [6.07, 6.45) is 2.99. The number of nitrogens with zero attached hydrogens (tertiary/aromatic N) is 1. The van der Waals surface area contributed by atoms with Crippen LogP contribution in [0.4, 0.5) is 0 Å². The smallest absolute Gasteiger partial charge is 0.220 e. The lowest BCUT2D eigenvalue weighted by molar-refractivity contribution is -0.121. The molecular formula is C15H32N2O2S2. The van der Waals surface area contributed by atoms with Gasteiger partial charge in [-0.15, -0.1) is 0 Å². The third-order valence-electron chi connectivity index (χ3n) is 2.87. The maximum absolute atomic E-state index is 11.1. The van der Waals surface area contributed by atoms with E-state index in [4.69, 9.17) is 4.74 Å². The van der Waals surface area contributed by atoms with E-state index >= 15 is 0 Å². The van der Waals surface area contributed by atoms with Gasteiger partial charge in [-0.05, 0) is 12.8 Å². The van der Waals surface area contributed by atoms with E-state index in [1.165, 1.54) is 17.9 Å². The zero-order valence-electron chi connectivity index (χ0n) is 13.9. The van der Waals surface area contributed by atoms with Gasteiger partial charge in [0.2, 0.25) is 5.91 Å². The van der Waals surface area contributed by atoms with Crippen molar-refractivity contribution in [1.82, 2.24) is 10.2 Å². The Hall–Kier alpha value is 0.0900. The molecular weight excluding hydrogens is 304 g/mol. The molecule has 0 saturated carbocycles. The van der Waals surface area contributed by atoms with Gasteiger partial charge in [-0.25, -0.2) is 0 Å². The van der Waals surface area contributed by atoms with E-state index in [-0.39, 0.29) is 5.91 Å². The Balaban J connectivity index is 0.000000473. The number of ether oxygens (including phenoxy) is 1. The highest BCUT2D eigenvalue weighted by Crippen LogP contribution is 2.29. The van der Waals surface area contributed by atoms with Crippen molar-refractivity contribution in [3.8, 4) is 0 Å². The summed E-state index contributed by atoms with van der Waals surface area (Å²) < 4.78 is 5.24. The van der Waals surface area contributed by atoms with E-state index < -0.39 is 0 Å². The molecule has 0 atom stereocenters. The first kappa shape index (κ1) is 21.1. The van der Waals surface area contributed by atoms with Gasteiger partial charge in [-0.3, -0.25) is 9.69 Å². The number of carbonyl (C=O) groups excluding carboxylic acids is 1. The lowest BCUT2D eigenvalue weighted by atomic mass is 10.3. The van der Waals surface area contributed by atoms with Crippen LogP contribution in [0.3, 0.4) is 0 Å². The molecule has 2 saturated heterocycles. The molecule has 2 rings (SSSR count). The fraction of sp³-hybridized carbons (Fsp3) is 0.933. The molecule has 4 nitrogen and oxygen atoms in total. The van der Waals surface area contributed by atoms with Gasteiger partial charge >= 0.3 is 0 Å². The van der Waals surface area contributed by atoms with E-state index in [1.54, 1.807) is 0 Å². The predicted molar refractivity (Wildman–Crippen MR) is 96.1 cm³/mol. The topological polar surface area (TPSA) is 41.6 Å². The summed E-state index contributed by atoms with van der Waals surface area (Å²) in [5.41, 5.74) is 0. The van der Waals surface area contributed by atoms with Gasteiger partial charge < -0.3 is 10.1 Å². The summed E-state index contributed by atoms with van der Waals surface area (Å²) in [5.74, 6) is 2.93. The number of morpholine rings is 1. The molecule has 0 radical (unpaired) electrons. The number of nitrogens with one attached hydrogen (secondary N) is 1. The fourth-order valence-corrected chi connectivity index (χ4v) is 4.15. The van der Waals surface area contributed by atoms with Crippen LogP contribution in [0.15, 0.2) is 0 Å². The normalized spacial score (nSPS) is 18.0. The predicted octanol–water partition coefficient (Wildman–Crippen LogP) is 3.03. The second-order valence-corrected chi connectivity index (χ2v) is 7.25. The molecule has 6 heteroatoms. The van der Waals surface area contributed by atoms with E-state index in [0.717, 1.165) is 45.8 Å². The van der Waals surface area contributed by atoms with Gasteiger partial charge in [-0.1, -0.05) is 42.4 Å². The fourth-order valence-electron chi connectivity index (χ4n) is 1.79.